The highest BCUT2D eigenvalue weighted by Gasteiger charge is 2.22. The second kappa shape index (κ2) is 6.80. The van der Waals surface area contributed by atoms with Crippen LogP contribution in [0.3, 0.4) is 0 Å². The first-order valence-corrected chi connectivity index (χ1v) is 7.83. The van der Waals surface area contributed by atoms with Gasteiger partial charge in [-0.15, -0.1) is 10.2 Å². The zero-order valence-corrected chi connectivity index (χ0v) is 14.0. The fraction of sp³-hybridized carbons (Fsp3) is 0.176. The van der Waals surface area contributed by atoms with Crippen LogP contribution in [0.2, 0.25) is 5.15 Å². The van der Waals surface area contributed by atoms with Crippen LogP contribution in [0.5, 0.6) is 5.75 Å². The number of hydrogen-bond acceptors (Lipinski definition) is 5. The van der Waals surface area contributed by atoms with Gasteiger partial charge in [-0.25, -0.2) is 4.68 Å². The summed E-state index contributed by atoms with van der Waals surface area (Å²) in [5.41, 5.74) is 2.09. The van der Waals surface area contributed by atoms with Crippen LogP contribution in [0.1, 0.15) is 19.0 Å². The van der Waals surface area contributed by atoms with Gasteiger partial charge in [0.15, 0.2) is 16.7 Å². The largest absolute Gasteiger partial charge is 0.422 e. The predicted molar refractivity (Wildman–Crippen MR) is 90.3 cm³/mol. The number of aryl methyl sites for hydroxylation is 1. The summed E-state index contributed by atoms with van der Waals surface area (Å²) >= 11 is 5.81. The number of benzene rings is 1. The lowest BCUT2D eigenvalue weighted by Crippen LogP contribution is -2.07. The molecule has 0 aliphatic heterocycles. The van der Waals surface area contributed by atoms with E-state index in [1.165, 1.54) is 0 Å². The molecule has 0 fully saturated rings. The Labute approximate surface area is 144 Å². The first kappa shape index (κ1) is 16.1. The first-order chi connectivity index (χ1) is 11.6. The second-order valence-corrected chi connectivity index (χ2v) is 5.47. The Bertz CT molecular complexity index is 860. The standard InChI is InChI=1S/C17H15ClN4O2/c1-3-15(23)24-17-11(2)21-22(14-10-9-13(18)19-20-14)16(17)12-7-5-4-6-8-12/h4-10H,3H2,1-2H3. The molecule has 0 N–H and O–H groups in total. The van der Waals surface area contributed by atoms with E-state index in [9.17, 15) is 4.79 Å². The van der Waals surface area contributed by atoms with E-state index in [1.807, 2.05) is 30.3 Å². The van der Waals surface area contributed by atoms with E-state index in [1.54, 1.807) is 30.7 Å². The molecule has 0 aliphatic rings. The van der Waals surface area contributed by atoms with E-state index in [0.717, 1.165) is 5.56 Å². The van der Waals surface area contributed by atoms with Crippen molar-refractivity contribution in [3.63, 3.8) is 0 Å². The lowest BCUT2D eigenvalue weighted by molar-refractivity contribution is -0.134. The summed E-state index contributed by atoms with van der Waals surface area (Å²) in [6.07, 6.45) is 0.277. The molecule has 0 bridgehead atoms. The number of esters is 1. The van der Waals surface area contributed by atoms with Crippen molar-refractivity contribution in [1.82, 2.24) is 20.0 Å². The normalized spacial score (nSPS) is 10.6. The number of carbonyl (C=O) groups excluding carboxylic acids is 1. The number of carbonyl (C=O) groups is 1. The van der Waals surface area contributed by atoms with Crippen molar-refractivity contribution in [2.24, 2.45) is 0 Å². The van der Waals surface area contributed by atoms with Crippen LogP contribution in [0.4, 0.5) is 0 Å². The zero-order valence-electron chi connectivity index (χ0n) is 13.2. The van der Waals surface area contributed by atoms with Crippen molar-refractivity contribution in [2.75, 3.05) is 0 Å². The van der Waals surface area contributed by atoms with Gasteiger partial charge in [-0.1, -0.05) is 48.9 Å². The molecule has 0 aliphatic carbocycles. The van der Waals surface area contributed by atoms with Gasteiger partial charge in [0.05, 0.1) is 0 Å². The number of hydrogen-bond donors (Lipinski definition) is 0. The Kier molecular flexibility index (Phi) is 4.57. The molecular weight excluding hydrogens is 328 g/mol. The summed E-state index contributed by atoms with van der Waals surface area (Å²) in [5, 5.41) is 12.7. The molecule has 0 saturated carbocycles. The summed E-state index contributed by atoms with van der Waals surface area (Å²) < 4.78 is 7.11. The van der Waals surface area contributed by atoms with E-state index in [-0.39, 0.29) is 12.4 Å². The highest BCUT2D eigenvalue weighted by atomic mass is 35.5. The number of aromatic nitrogens is 4. The van der Waals surface area contributed by atoms with Gasteiger partial charge in [0, 0.05) is 12.0 Å². The average Bonchev–Trinajstić information content (AvgIpc) is 2.92. The van der Waals surface area contributed by atoms with Gasteiger partial charge < -0.3 is 4.74 Å². The number of halogens is 1. The summed E-state index contributed by atoms with van der Waals surface area (Å²) in [5.74, 6) is 0.585. The Morgan fingerprint density at radius 3 is 2.54 bits per heavy atom. The third-order valence-corrected chi connectivity index (χ3v) is 3.59. The van der Waals surface area contributed by atoms with E-state index in [2.05, 4.69) is 15.3 Å². The van der Waals surface area contributed by atoms with E-state index >= 15 is 0 Å². The molecule has 3 aromatic rings. The zero-order chi connectivity index (χ0) is 17.1. The Balaban J connectivity index is 2.20. The molecule has 2 aromatic heterocycles. The van der Waals surface area contributed by atoms with Gasteiger partial charge in [-0.3, -0.25) is 4.79 Å². The summed E-state index contributed by atoms with van der Waals surface area (Å²) in [6, 6.07) is 12.9. The third kappa shape index (κ3) is 3.14. The van der Waals surface area contributed by atoms with Crippen LogP contribution in [-0.2, 0) is 4.79 Å². The van der Waals surface area contributed by atoms with Crippen LogP contribution >= 0.6 is 11.6 Å². The number of rotatable bonds is 4. The summed E-state index contributed by atoms with van der Waals surface area (Å²) in [7, 11) is 0. The minimum atomic E-state index is -0.322. The van der Waals surface area contributed by atoms with Crippen molar-refractivity contribution >= 4 is 17.6 Å². The molecule has 24 heavy (non-hydrogen) atoms. The average molecular weight is 343 g/mol. The molecule has 6 nitrogen and oxygen atoms in total. The van der Waals surface area contributed by atoms with Crippen LogP contribution in [0.25, 0.3) is 17.1 Å². The lowest BCUT2D eigenvalue weighted by atomic mass is 10.1. The Hall–Kier alpha value is -2.73. The minimum Gasteiger partial charge on any atom is -0.422 e. The van der Waals surface area contributed by atoms with Gasteiger partial charge in [-0.2, -0.15) is 5.10 Å². The maximum Gasteiger partial charge on any atom is 0.311 e. The lowest BCUT2D eigenvalue weighted by Gasteiger charge is -2.09. The Morgan fingerprint density at radius 1 is 1.17 bits per heavy atom. The van der Waals surface area contributed by atoms with E-state index in [4.69, 9.17) is 16.3 Å². The maximum atomic E-state index is 11.8. The van der Waals surface area contributed by atoms with Gasteiger partial charge in [0.2, 0.25) is 0 Å². The predicted octanol–water partition coefficient (Wildman–Crippen LogP) is 3.61. The molecular formula is C17H15ClN4O2. The quantitative estimate of drug-likeness (QED) is 0.677. The molecule has 3 rings (SSSR count). The summed E-state index contributed by atoms with van der Waals surface area (Å²) in [6.45, 7) is 3.53. The van der Waals surface area contributed by atoms with Crippen LogP contribution in [0, 0.1) is 6.92 Å². The number of nitrogens with zero attached hydrogens (tertiary/aromatic N) is 4. The van der Waals surface area contributed by atoms with Gasteiger partial charge >= 0.3 is 5.97 Å². The second-order valence-electron chi connectivity index (χ2n) is 5.08. The summed E-state index contributed by atoms with van der Waals surface area (Å²) in [4.78, 5) is 11.8. The van der Waals surface area contributed by atoms with Gasteiger partial charge in [0.25, 0.3) is 0 Å². The van der Waals surface area contributed by atoms with E-state index < -0.39 is 0 Å². The molecule has 122 valence electrons. The molecule has 0 radical (unpaired) electrons. The van der Waals surface area contributed by atoms with Crippen molar-refractivity contribution in [2.45, 2.75) is 20.3 Å². The van der Waals surface area contributed by atoms with Crippen LogP contribution in [-0.4, -0.2) is 25.9 Å². The van der Waals surface area contributed by atoms with Crippen molar-refractivity contribution < 1.29 is 9.53 Å². The van der Waals surface area contributed by atoms with Crippen molar-refractivity contribution in [3.05, 3.63) is 53.3 Å². The minimum absolute atomic E-state index is 0.277. The molecule has 0 spiro atoms. The van der Waals surface area contributed by atoms with Gasteiger partial charge in [0.1, 0.15) is 11.4 Å². The maximum absolute atomic E-state index is 11.8. The third-order valence-electron chi connectivity index (χ3n) is 3.39. The van der Waals surface area contributed by atoms with Crippen LogP contribution < -0.4 is 4.74 Å². The molecule has 0 unspecified atom stereocenters. The molecule has 0 amide bonds. The Morgan fingerprint density at radius 2 is 1.92 bits per heavy atom. The van der Waals surface area contributed by atoms with Gasteiger partial charge in [-0.05, 0) is 19.1 Å². The highest BCUT2D eigenvalue weighted by molar-refractivity contribution is 6.29. The van der Waals surface area contributed by atoms with Crippen LogP contribution in [0.15, 0.2) is 42.5 Å². The molecule has 0 saturated heterocycles. The fourth-order valence-corrected chi connectivity index (χ4v) is 2.36. The molecule has 0 atom stereocenters. The molecule has 1 aromatic carbocycles. The highest BCUT2D eigenvalue weighted by Crippen LogP contribution is 2.35. The van der Waals surface area contributed by atoms with E-state index in [0.29, 0.717) is 28.1 Å². The molecule has 2 heterocycles. The first-order valence-electron chi connectivity index (χ1n) is 7.45. The fourth-order valence-electron chi connectivity index (χ4n) is 2.26. The monoisotopic (exact) mass is 342 g/mol. The number of ether oxygens (including phenoxy) is 1. The molecule has 7 heteroatoms. The van der Waals surface area contributed by atoms with Crippen molar-refractivity contribution in [1.29, 1.82) is 0 Å². The smallest absolute Gasteiger partial charge is 0.311 e. The topological polar surface area (TPSA) is 69.9 Å². The van der Waals surface area contributed by atoms with Crippen molar-refractivity contribution in [3.8, 4) is 22.8 Å². The SMILES string of the molecule is CCC(=O)Oc1c(C)nn(-c2ccc(Cl)nn2)c1-c1ccccc1.